The summed E-state index contributed by atoms with van der Waals surface area (Å²) in [6.45, 7) is 6.19. The van der Waals surface area contributed by atoms with Crippen molar-refractivity contribution in [2.75, 3.05) is 23.4 Å². The summed E-state index contributed by atoms with van der Waals surface area (Å²) < 4.78 is 2.56. The monoisotopic (exact) mass is 439 g/mol. The van der Waals surface area contributed by atoms with Gasteiger partial charge in [-0.2, -0.15) is 9.66 Å². The SMILES string of the molecule is CC(C)CCn1c(N2CCCC(N)C2)nc2[nH]c(=O)n(NC(=O)c3ccccc3)c(=O)c21. The molecule has 0 spiro atoms. The van der Waals surface area contributed by atoms with Crippen LogP contribution in [0.15, 0.2) is 39.9 Å². The molecule has 0 radical (unpaired) electrons. The smallest absolute Gasteiger partial charge is 0.341 e. The second-order valence-corrected chi connectivity index (χ2v) is 8.67. The maximum Gasteiger partial charge on any atom is 0.349 e. The molecular weight excluding hydrogens is 410 g/mol. The van der Waals surface area contributed by atoms with E-state index in [9.17, 15) is 14.4 Å². The van der Waals surface area contributed by atoms with E-state index in [4.69, 9.17) is 5.73 Å². The van der Waals surface area contributed by atoms with Crippen molar-refractivity contribution in [3.8, 4) is 0 Å². The highest BCUT2D eigenvalue weighted by Crippen LogP contribution is 2.23. The van der Waals surface area contributed by atoms with Gasteiger partial charge in [-0.05, 0) is 37.3 Å². The molecule has 2 aromatic heterocycles. The number of H-pyrrole nitrogens is 1. The fraction of sp³-hybridized carbons (Fsp3) is 0.455. The summed E-state index contributed by atoms with van der Waals surface area (Å²) in [5, 5.41) is 0. The van der Waals surface area contributed by atoms with Gasteiger partial charge in [0.15, 0.2) is 11.2 Å². The Bertz CT molecular complexity index is 1230. The standard InChI is InChI=1S/C22H29N7O3/c1-14(2)10-12-28-17-18(24-21(28)27-11-6-9-16(23)13-27)25-22(32)29(20(17)31)26-19(30)15-7-4-3-5-8-15/h3-5,7-8,14,16H,6,9-13,23H2,1-2H3,(H,25,32)(H,26,30). The number of rotatable bonds is 6. The summed E-state index contributed by atoms with van der Waals surface area (Å²) in [6.07, 6.45) is 2.70. The van der Waals surface area contributed by atoms with Crippen molar-refractivity contribution in [1.82, 2.24) is 19.2 Å². The van der Waals surface area contributed by atoms with Gasteiger partial charge < -0.3 is 15.2 Å². The highest BCUT2D eigenvalue weighted by Gasteiger charge is 2.25. The Balaban J connectivity index is 1.80. The summed E-state index contributed by atoms with van der Waals surface area (Å²) in [4.78, 5) is 47.9. The van der Waals surface area contributed by atoms with Crippen molar-refractivity contribution in [2.24, 2.45) is 11.7 Å². The lowest BCUT2D eigenvalue weighted by molar-refractivity contribution is 0.101. The van der Waals surface area contributed by atoms with Gasteiger partial charge in [0, 0.05) is 31.2 Å². The first-order valence-electron chi connectivity index (χ1n) is 11.0. The van der Waals surface area contributed by atoms with Gasteiger partial charge in [-0.3, -0.25) is 20.0 Å². The minimum absolute atomic E-state index is 0.0305. The molecule has 0 aliphatic carbocycles. The molecule has 1 aliphatic rings. The second-order valence-electron chi connectivity index (χ2n) is 8.67. The number of amides is 1. The molecule has 1 unspecified atom stereocenters. The van der Waals surface area contributed by atoms with Crippen molar-refractivity contribution in [1.29, 1.82) is 0 Å². The summed E-state index contributed by atoms with van der Waals surface area (Å²) in [5.41, 5.74) is 8.04. The zero-order valence-corrected chi connectivity index (χ0v) is 18.4. The van der Waals surface area contributed by atoms with E-state index in [-0.39, 0.29) is 17.2 Å². The Hall–Kier alpha value is -3.40. The molecule has 10 nitrogen and oxygen atoms in total. The van der Waals surface area contributed by atoms with Crippen LogP contribution in [0, 0.1) is 5.92 Å². The van der Waals surface area contributed by atoms with Crippen LogP contribution < -0.4 is 27.3 Å². The zero-order valence-electron chi connectivity index (χ0n) is 18.4. The Labute approximate surface area is 185 Å². The number of nitrogens with two attached hydrogens (primary N) is 1. The van der Waals surface area contributed by atoms with Crippen LogP contribution in [0.1, 0.15) is 43.5 Å². The molecule has 1 fully saturated rings. The van der Waals surface area contributed by atoms with Gasteiger partial charge in [-0.1, -0.05) is 32.0 Å². The van der Waals surface area contributed by atoms with Gasteiger partial charge in [0.25, 0.3) is 5.91 Å². The summed E-state index contributed by atoms with van der Waals surface area (Å²) >= 11 is 0. The average Bonchev–Trinajstić information content (AvgIpc) is 3.14. The van der Waals surface area contributed by atoms with E-state index in [2.05, 4.69) is 34.1 Å². The molecule has 170 valence electrons. The van der Waals surface area contributed by atoms with Gasteiger partial charge >= 0.3 is 11.2 Å². The molecule has 10 heteroatoms. The first-order chi connectivity index (χ1) is 15.3. The van der Waals surface area contributed by atoms with Crippen LogP contribution in [0.4, 0.5) is 5.95 Å². The zero-order chi connectivity index (χ0) is 22.8. The lowest BCUT2D eigenvalue weighted by atomic mass is 10.1. The van der Waals surface area contributed by atoms with Crippen LogP contribution in [-0.4, -0.2) is 44.2 Å². The predicted octanol–water partition coefficient (Wildman–Crippen LogP) is 1.24. The first-order valence-corrected chi connectivity index (χ1v) is 11.0. The van der Waals surface area contributed by atoms with Gasteiger partial charge in [-0.15, -0.1) is 0 Å². The third-order valence-corrected chi connectivity index (χ3v) is 5.70. The average molecular weight is 440 g/mol. The second kappa shape index (κ2) is 8.99. The number of carbonyl (C=O) groups is 1. The number of fused-ring (bicyclic) bond motifs is 1. The van der Waals surface area contributed by atoms with E-state index in [1.54, 1.807) is 30.3 Å². The number of hydrogen-bond donors (Lipinski definition) is 3. The molecule has 1 aromatic carbocycles. The van der Waals surface area contributed by atoms with Gasteiger partial charge in [0.1, 0.15) is 0 Å². The minimum Gasteiger partial charge on any atom is -0.341 e. The number of aryl methyl sites for hydroxylation is 1. The third-order valence-electron chi connectivity index (χ3n) is 5.70. The fourth-order valence-corrected chi connectivity index (χ4v) is 3.99. The van der Waals surface area contributed by atoms with Crippen molar-refractivity contribution >= 4 is 23.0 Å². The van der Waals surface area contributed by atoms with Crippen LogP contribution in [0.5, 0.6) is 0 Å². The Kier molecular flexibility index (Phi) is 6.13. The topological polar surface area (TPSA) is 131 Å². The molecule has 1 aliphatic heterocycles. The van der Waals surface area contributed by atoms with Gasteiger partial charge in [0.05, 0.1) is 0 Å². The third kappa shape index (κ3) is 4.31. The molecular formula is C22H29N7O3. The van der Waals surface area contributed by atoms with Crippen molar-refractivity contribution in [3.05, 3.63) is 56.7 Å². The van der Waals surface area contributed by atoms with Gasteiger partial charge in [-0.25, -0.2) is 4.79 Å². The molecule has 0 bridgehead atoms. The largest absolute Gasteiger partial charge is 0.349 e. The number of imidazole rings is 1. The fourth-order valence-electron chi connectivity index (χ4n) is 3.99. The van der Waals surface area contributed by atoms with Crippen molar-refractivity contribution in [2.45, 2.75) is 45.7 Å². The molecule has 4 N–H and O–H groups in total. The molecule has 3 heterocycles. The van der Waals surface area contributed by atoms with Crippen LogP contribution in [0.25, 0.3) is 11.2 Å². The lowest BCUT2D eigenvalue weighted by Crippen LogP contribution is -2.44. The summed E-state index contributed by atoms with van der Waals surface area (Å²) in [5.74, 6) is 0.482. The number of nitrogens with zero attached hydrogens (tertiary/aromatic N) is 4. The highest BCUT2D eigenvalue weighted by molar-refractivity contribution is 5.99. The molecule has 1 amide bonds. The number of piperidine rings is 1. The van der Waals surface area contributed by atoms with Crippen LogP contribution in [0.2, 0.25) is 0 Å². The Morgan fingerprint density at radius 3 is 2.72 bits per heavy atom. The molecule has 1 atom stereocenters. The van der Waals surface area contributed by atoms with E-state index >= 15 is 0 Å². The summed E-state index contributed by atoms with van der Waals surface area (Å²) in [7, 11) is 0. The maximum atomic E-state index is 13.4. The van der Waals surface area contributed by atoms with Crippen molar-refractivity contribution < 1.29 is 4.79 Å². The first kappa shape index (κ1) is 21.8. The normalized spacial score (nSPS) is 16.6. The number of aromatic nitrogens is 4. The Morgan fingerprint density at radius 1 is 1.28 bits per heavy atom. The number of nitrogens with one attached hydrogen (secondary N) is 2. The molecule has 32 heavy (non-hydrogen) atoms. The van der Waals surface area contributed by atoms with Crippen LogP contribution >= 0.6 is 0 Å². The van der Waals surface area contributed by atoms with Crippen LogP contribution in [-0.2, 0) is 6.54 Å². The number of carbonyl (C=O) groups excluding carboxylic acids is 1. The minimum atomic E-state index is -0.748. The van der Waals surface area contributed by atoms with E-state index < -0.39 is 17.2 Å². The number of hydrogen-bond acceptors (Lipinski definition) is 6. The molecule has 1 saturated heterocycles. The summed E-state index contributed by atoms with van der Waals surface area (Å²) in [6, 6.07) is 8.45. The quantitative estimate of drug-likeness (QED) is 0.530. The highest BCUT2D eigenvalue weighted by atomic mass is 16.2. The van der Waals surface area contributed by atoms with Crippen LogP contribution in [0.3, 0.4) is 0 Å². The van der Waals surface area contributed by atoms with E-state index in [1.165, 1.54) is 0 Å². The van der Waals surface area contributed by atoms with Crippen molar-refractivity contribution in [3.63, 3.8) is 0 Å². The van der Waals surface area contributed by atoms with E-state index in [0.717, 1.165) is 30.5 Å². The molecule has 3 aromatic rings. The lowest BCUT2D eigenvalue weighted by Gasteiger charge is -2.32. The molecule has 4 rings (SSSR count). The maximum absolute atomic E-state index is 13.4. The Morgan fingerprint density at radius 2 is 2.03 bits per heavy atom. The number of aromatic amines is 1. The predicted molar refractivity (Wildman–Crippen MR) is 124 cm³/mol. The number of benzene rings is 1. The number of anilines is 1. The van der Waals surface area contributed by atoms with E-state index in [1.807, 2.05) is 4.57 Å². The van der Waals surface area contributed by atoms with E-state index in [0.29, 0.717) is 30.5 Å². The van der Waals surface area contributed by atoms with Gasteiger partial charge in [0.2, 0.25) is 5.95 Å². The molecule has 0 saturated carbocycles.